The Hall–Kier alpha value is -0.690. The second-order valence-corrected chi connectivity index (χ2v) is 5.44. The number of hydrogen-bond donors (Lipinski definition) is 2. The van der Waals surface area contributed by atoms with Crippen LogP contribution in [-0.4, -0.2) is 28.1 Å². The third-order valence-electron chi connectivity index (χ3n) is 2.14. The van der Waals surface area contributed by atoms with Crippen LogP contribution in [0.2, 0.25) is 0 Å². The summed E-state index contributed by atoms with van der Waals surface area (Å²) >= 11 is 0. The lowest BCUT2D eigenvalue weighted by atomic mass is 10.2. The van der Waals surface area contributed by atoms with Gasteiger partial charge in [0.25, 0.3) is 0 Å². The second-order valence-electron chi connectivity index (χ2n) is 3.63. The zero-order valence-corrected chi connectivity index (χ0v) is 11.8. The highest BCUT2D eigenvalue weighted by Gasteiger charge is 2.10. The summed E-state index contributed by atoms with van der Waals surface area (Å²) in [5, 5.41) is 3.02. The zero-order valence-electron chi connectivity index (χ0n) is 10.1. The number of hydrogen-bond acceptors (Lipinski definition) is 3. The minimum Gasteiger partial charge on any atom is -0.316 e. The van der Waals surface area contributed by atoms with Gasteiger partial charge < -0.3 is 5.32 Å². The Bertz CT molecular complexity index is 437. The summed E-state index contributed by atoms with van der Waals surface area (Å²) in [6.07, 6.45) is 0. The topological polar surface area (TPSA) is 58.2 Å². The van der Waals surface area contributed by atoms with Crippen molar-refractivity contribution in [3.63, 3.8) is 0 Å². The van der Waals surface area contributed by atoms with Crippen LogP contribution in [0.4, 0.5) is 4.39 Å². The molecule has 4 nitrogen and oxygen atoms in total. The van der Waals surface area contributed by atoms with Crippen LogP contribution in [0.15, 0.2) is 24.3 Å². The van der Waals surface area contributed by atoms with Crippen molar-refractivity contribution in [3.05, 3.63) is 35.6 Å². The molecule has 0 saturated carbocycles. The molecule has 1 aromatic carbocycles. The molecule has 0 aliphatic rings. The van der Waals surface area contributed by atoms with Crippen LogP contribution >= 0.6 is 12.4 Å². The van der Waals surface area contributed by atoms with Gasteiger partial charge in [0.1, 0.15) is 5.82 Å². The van der Waals surface area contributed by atoms with Crippen LogP contribution in [0.5, 0.6) is 0 Å². The van der Waals surface area contributed by atoms with Crippen molar-refractivity contribution in [3.8, 4) is 0 Å². The van der Waals surface area contributed by atoms with Gasteiger partial charge in [0.15, 0.2) is 0 Å². The maximum absolute atomic E-state index is 12.6. The summed E-state index contributed by atoms with van der Waals surface area (Å²) in [6.45, 7) is 3.71. The molecule has 1 aromatic rings. The minimum atomic E-state index is -3.34. The number of nitrogens with one attached hydrogen (secondary N) is 2. The first kappa shape index (κ1) is 17.3. The molecule has 1 rings (SSSR count). The molecule has 0 aliphatic heterocycles. The summed E-state index contributed by atoms with van der Waals surface area (Å²) in [6, 6.07) is 5.45. The van der Waals surface area contributed by atoms with Gasteiger partial charge in [-0.1, -0.05) is 19.1 Å². The Morgan fingerprint density at radius 2 is 1.78 bits per heavy atom. The highest BCUT2D eigenvalue weighted by molar-refractivity contribution is 7.88. The Morgan fingerprint density at radius 1 is 1.17 bits per heavy atom. The molecule has 0 fully saturated rings. The molecule has 7 heteroatoms. The summed E-state index contributed by atoms with van der Waals surface area (Å²) in [7, 11) is -3.34. The lowest BCUT2D eigenvalue weighted by molar-refractivity contribution is 0.576. The third-order valence-corrected chi connectivity index (χ3v) is 3.50. The maximum atomic E-state index is 12.6. The molecular weight excluding hydrogens is 279 g/mol. The molecule has 18 heavy (non-hydrogen) atoms. The van der Waals surface area contributed by atoms with E-state index in [0.29, 0.717) is 18.7 Å². The molecule has 0 unspecified atom stereocenters. The smallest absolute Gasteiger partial charge is 0.215 e. The van der Waals surface area contributed by atoms with E-state index in [1.807, 2.05) is 6.92 Å². The van der Waals surface area contributed by atoms with E-state index >= 15 is 0 Å². The average molecular weight is 297 g/mol. The molecule has 2 N–H and O–H groups in total. The van der Waals surface area contributed by atoms with E-state index in [-0.39, 0.29) is 24.0 Å². The van der Waals surface area contributed by atoms with Gasteiger partial charge in [-0.3, -0.25) is 0 Å². The van der Waals surface area contributed by atoms with Crippen molar-refractivity contribution >= 4 is 22.4 Å². The van der Waals surface area contributed by atoms with Gasteiger partial charge in [-0.05, 0) is 24.2 Å². The van der Waals surface area contributed by atoms with Crippen molar-refractivity contribution in [1.82, 2.24) is 10.0 Å². The fourth-order valence-corrected chi connectivity index (χ4v) is 2.47. The molecular formula is C11H18ClFN2O2S. The Morgan fingerprint density at radius 3 is 2.33 bits per heavy atom. The monoisotopic (exact) mass is 296 g/mol. The first-order valence-electron chi connectivity index (χ1n) is 5.46. The van der Waals surface area contributed by atoms with Gasteiger partial charge in [0.2, 0.25) is 10.0 Å². The van der Waals surface area contributed by atoms with Crippen molar-refractivity contribution in [2.45, 2.75) is 12.7 Å². The standard InChI is InChI=1S/C11H17FN2O2S.ClH/c1-2-13-7-8-14-17(15,16)9-10-3-5-11(12)6-4-10;/h3-6,13-14H,2,7-9H2,1H3;1H. The van der Waals surface area contributed by atoms with Gasteiger partial charge >= 0.3 is 0 Å². The van der Waals surface area contributed by atoms with Crippen LogP contribution in [0.3, 0.4) is 0 Å². The lowest BCUT2D eigenvalue weighted by Gasteiger charge is -2.07. The summed E-state index contributed by atoms with van der Waals surface area (Å²) in [5.41, 5.74) is 0.572. The number of likely N-dealkylation sites (N-methyl/N-ethyl adjacent to an activating group) is 1. The molecule has 0 amide bonds. The van der Waals surface area contributed by atoms with Gasteiger partial charge in [0.05, 0.1) is 5.75 Å². The lowest BCUT2D eigenvalue weighted by Crippen LogP contribution is -2.32. The van der Waals surface area contributed by atoms with Crippen LogP contribution in [0.25, 0.3) is 0 Å². The van der Waals surface area contributed by atoms with Gasteiger partial charge in [0, 0.05) is 13.1 Å². The highest BCUT2D eigenvalue weighted by atomic mass is 35.5. The fraction of sp³-hybridized carbons (Fsp3) is 0.455. The van der Waals surface area contributed by atoms with Gasteiger partial charge in [-0.25, -0.2) is 17.5 Å². The molecule has 0 aromatic heterocycles. The zero-order chi connectivity index (χ0) is 12.7. The van der Waals surface area contributed by atoms with E-state index < -0.39 is 10.0 Å². The molecule has 0 saturated heterocycles. The molecule has 0 heterocycles. The Kier molecular flexibility index (Phi) is 8.10. The van der Waals surface area contributed by atoms with E-state index in [4.69, 9.17) is 0 Å². The molecule has 0 atom stereocenters. The molecule has 0 aliphatic carbocycles. The largest absolute Gasteiger partial charge is 0.316 e. The van der Waals surface area contributed by atoms with E-state index in [1.54, 1.807) is 0 Å². The number of benzene rings is 1. The quantitative estimate of drug-likeness (QED) is 0.745. The first-order valence-corrected chi connectivity index (χ1v) is 7.11. The molecule has 0 spiro atoms. The third kappa shape index (κ3) is 6.90. The van der Waals surface area contributed by atoms with Crippen molar-refractivity contribution < 1.29 is 12.8 Å². The Labute approximate surface area is 113 Å². The fourth-order valence-electron chi connectivity index (χ4n) is 1.32. The molecule has 0 bridgehead atoms. The maximum Gasteiger partial charge on any atom is 0.215 e. The van der Waals surface area contributed by atoms with E-state index in [1.165, 1.54) is 24.3 Å². The van der Waals surface area contributed by atoms with E-state index in [9.17, 15) is 12.8 Å². The van der Waals surface area contributed by atoms with Gasteiger partial charge in [-0.2, -0.15) is 0 Å². The second kappa shape index (κ2) is 8.42. The van der Waals surface area contributed by atoms with Crippen LogP contribution in [-0.2, 0) is 15.8 Å². The van der Waals surface area contributed by atoms with Crippen LogP contribution in [0.1, 0.15) is 12.5 Å². The van der Waals surface area contributed by atoms with Crippen LogP contribution in [0, 0.1) is 5.82 Å². The normalized spacial score (nSPS) is 11.0. The predicted molar refractivity (Wildman–Crippen MR) is 72.8 cm³/mol. The molecule has 104 valence electrons. The van der Waals surface area contributed by atoms with E-state index in [0.717, 1.165) is 6.54 Å². The van der Waals surface area contributed by atoms with Crippen LogP contribution < -0.4 is 10.0 Å². The predicted octanol–water partition coefficient (Wildman–Crippen LogP) is 1.28. The average Bonchev–Trinajstić information content (AvgIpc) is 2.27. The highest BCUT2D eigenvalue weighted by Crippen LogP contribution is 2.06. The number of sulfonamides is 1. The van der Waals surface area contributed by atoms with Gasteiger partial charge in [-0.15, -0.1) is 12.4 Å². The summed E-state index contributed by atoms with van der Waals surface area (Å²) in [5.74, 6) is -0.495. The van der Waals surface area contributed by atoms with E-state index in [2.05, 4.69) is 10.0 Å². The SMILES string of the molecule is CCNCCNS(=O)(=O)Cc1ccc(F)cc1.Cl. The minimum absolute atomic E-state index is 0. The molecule has 0 radical (unpaired) electrons. The van der Waals surface area contributed by atoms with Crippen molar-refractivity contribution in [2.75, 3.05) is 19.6 Å². The van der Waals surface area contributed by atoms with Crippen molar-refractivity contribution in [1.29, 1.82) is 0 Å². The number of halogens is 2. The van der Waals surface area contributed by atoms with Crippen molar-refractivity contribution in [2.24, 2.45) is 0 Å². The summed E-state index contributed by atoms with van der Waals surface area (Å²) in [4.78, 5) is 0. The Balaban J connectivity index is 0.00000289. The summed E-state index contributed by atoms with van der Waals surface area (Å²) < 4.78 is 38.3. The first-order chi connectivity index (χ1) is 8.03. The number of rotatable bonds is 7.